The number of nitrogens with one attached hydrogen (secondary N) is 1. The summed E-state index contributed by atoms with van der Waals surface area (Å²) < 4.78 is 11.8. The number of hydrogen-bond donors (Lipinski definition) is 1. The molecule has 3 rings (SSSR count). The lowest BCUT2D eigenvalue weighted by Gasteiger charge is -2.30. The van der Waals surface area contributed by atoms with Crippen LogP contribution in [0, 0.1) is 0 Å². The molecule has 1 amide bonds. The Bertz CT molecular complexity index is 688. The number of ether oxygens (including phenoxy) is 2. The third kappa shape index (κ3) is 4.49. The van der Waals surface area contributed by atoms with E-state index in [9.17, 15) is 4.79 Å². The Balaban J connectivity index is 1.66. The van der Waals surface area contributed by atoms with E-state index in [2.05, 4.69) is 26.1 Å². The second-order valence-corrected chi connectivity index (χ2v) is 6.33. The predicted molar refractivity (Wildman–Crippen MR) is 97.7 cm³/mol. The highest BCUT2D eigenvalue weighted by molar-refractivity contribution is 9.10. The maximum absolute atomic E-state index is 12.2. The lowest BCUT2D eigenvalue weighted by atomic mass is 10.2. The predicted octanol–water partition coefficient (Wildman–Crippen LogP) is 3.30. The number of rotatable bonds is 5. The number of carbonyl (C=O) groups excluding carboxylic acids is 1. The van der Waals surface area contributed by atoms with Crippen LogP contribution in [-0.4, -0.2) is 38.8 Å². The summed E-state index contributed by atoms with van der Waals surface area (Å²) in [7, 11) is 0. The van der Waals surface area contributed by atoms with Crippen molar-refractivity contribution in [2.45, 2.75) is 0 Å². The average Bonchev–Trinajstić information content (AvgIpc) is 2.62. The first-order valence-corrected chi connectivity index (χ1v) is 8.61. The molecule has 0 saturated carbocycles. The van der Waals surface area contributed by atoms with E-state index in [1.54, 1.807) is 0 Å². The number of nitrogens with zero attached hydrogens (tertiary/aromatic N) is 1. The van der Waals surface area contributed by atoms with Crippen LogP contribution in [0.4, 0.5) is 11.4 Å². The van der Waals surface area contributed by atoms with Crippen molar-refractivity contribution in [1.29, 1.82) is 0 Å². The van der Waals surface area contributed by atoms with Gasteiger partial charge in [0.2, 0.25) is 0 Å². The molecule has 1 N–H and O–H groups in total. The fourth-order valence-electron chi connectivity index (χ4n) is 2.54. The summed E-state index contributed by atoms with van der Waals surface area (Å²) in [5, 5.41) is 2.94. The first-order valence-electron chi connectivity index (χ1n) is 7.82. The zero-order valence-electron chi connectivity index (χ0n) is 13.2. The van der Waals surface area contributed by atoms with E-state index in [1.165, 1.54) is 0 Å². The van der Waals surface area contributed by atoms with Crippen molar-refractivity contribution in [1.82, 2.24) is 0 Å². The first-order chi connectivity index (χ1) is 11.7. The standard InChI is InChI=1S/C18H19BrN2O3/c19-14-6-7-17(21-8-10-23-11-9-21)16(12-14)20-18(22)13-24-15-4-2-1-3-5-15/h1-7,12H,8-11,13H2,(H,20,22). The molecular formula is C18H19BrN2O3. The monoisotopic (exact) mass is 390 g/mol. The summed E-state index contributed by atoms with van der Waals surface area (Å²) >= 11 is 3.46. The maximum Gasteiger partial charge on any atom is 0.262 e. The molecule has 24 heavy (non-hydrogen) atoms. The average molecular weight is 391 g/mol. The van der Waals surface area contributed by atoms with E-state index in [1.807, 2.05) is 48.5 Å². The summed E-state index contributed by atoms with van der Waals surface area (Å²) in [4.78, 5) is 14.4. The normalized spacial score (nSPS) is 14.3. The topological polar surface area (TPSA) is 50.8 Å². The number of para-hydroxylation sites is 1. The minimum absolute atomic E-state index is 0.0287. The molecule has 0 bridgehead atoms. The molecule has 1 saturated heterocycles. The number of morpholine rings is 1. The molecule has 1 aliphatic rings. The molecule has 0 aliphatic carbocycles. The van der Waals surface area contributed by atoms with Gasteiger partial charge in [0.1, 0.15) is 5.75 Å². The molecule has 2 aromatic carbocycles. The van der Waals surface area contributed by atoms with Crippen LogP contribution in [0.1, 0.15) is 0 Å². The Kier molecular flexibility index (Phi) is 5.72. The highest BCUT2D eigenvalue weighted by atomic mass is 79.9. The van der Waals surface area contributed by atoms with Crippen LogP contribution in [-0.2, 0) is 9.53 Å². The lowest BCUT2D eigenvalue weighted by molar-refractivity contribution is -0.118. The number of carbonyl (C=O) groups is 1. The fourth-order valence-corrected chi connectivity index (χ4v) is 2.90. The Hall–Kier alpha value is -2.05. The van der Waals surface area contributed by atoms with E-state index in [4.69, 9.17) is 9.47 Å². The molecule has 0 aromatic heterocycles. The minimum atomic E-state index is -0.188. The SMILES string of the molecule is O=C(COc1ccccc1)Nc1cc(Br)ccc1N1CCOCC1. The van der Waals surface area contributed by atoms with Crippen LogP contribution in [0.5, 0.6) is 5.75 Å². The van der Waals surface area contributed by atoms with Gasteiger partial charge in [-0.15, -0.1) is 0 Å². The molecule has 5 nitrogen and oxygen atoms in total. The van der Waals surface area contributed by atoms with Gasteiger partial charge in [-0.1, -0.05) is 34.1 Å². The van der Waals surface area contributed by atoms with Crippen molar-refractivity contribution in [3.05, 3.63) is 53.0 Å². The number of benzene rings is 2. The summed E-state index contributed by atoms with van der Waals surface area (Å²) in [6.07, 6.45) is 0. The van der Waals surface area contributed by atoms with Gasteiger partial charge in [-0.25, -0.2) is 0 Å². The van der Waals surface area contributed by atoms with Crippen LogP contribution in [0.15, 0.2) is 53.0 Å². The van der Waals surface area contributed by atoms with Gasteiger partial charge in [0.05, 0.1) is 24.6 Å². The van der Waals surface area contributed by atoms with Crippen molar-refractivity contribution in [3.63, 3.8) is 0 Å². The van der Waals surface area contributed by atoms with Gasteiger partial charge in [-0.2, -0.15) is 0 Å². The van der Waals surface area contributed by atoms with Crippen LogP contribution < -0.4 is 15.0 Å². The van der Waals surface area contributed by atoms with Crippen molar-refractivity contribution in [2.75, 3.05) is 43.1 Å². The van der Waals surface area contributed by atoms with Crippen molar-refractivity contribution in [3.8, 4) is 5.75 Å². The quantitative estimate of drug-likeness (QED) is 0.850. The molecule has 0 unspecified atom stereocenters. The molecule has 0 spiro atoms. The third-order valence-corrected chi connectivity index (χ3v) is 4.19. The fraction of sp³-hybridized carbons (Fsp3) is 0.278. The molecule has 0 radical (unpaired) electrons. The van der Waals surface area contributed by atoms with Gasteiger partial charge >= 0.3 is 0 Å². The second-order valence-electron chi connectivity index (χ2n) is 5.41. The molecule has 1 aliphatic heterocycles. The summed E-state index contributed by atoms with van der Waals surface area (Å²) in [5.41, 5.74) is 1.77. The number of anilines is 2. The van der Waals surface area contributed by atoms with E-state index in [-0.39, 0.29) is 12.5 Å². The van der Waals surface area contributed by atoms with E-state index < -0.39 is 0 Å². The molecule has 6 heteroatoms. The van der Waals surface area contributed by atoms with Gasteiger partial charge in [-0.3, -0.25) is 4.79 Å². The zero-order chi connectivity index (χ0) is 16.8. The highest BCUT2D eigenvalue weighted by Crippen LogP contribution is 2.30. The summed E-state index contributed by atoms with van der Waals surface area (Å²) in [6.45, 7) is 2.98. The smallest absolute Gasteiger partial charge is 0.262 e. The van der Waals surface area contributed by atoms with E-state index in [0.29, 0.717) is 19.0 Å². The van der Waals surface area contributed by atoms with Gasteiger partial charge in [0.25, 0.3) is 5.91 Å². The number of amides is 1. The lowest BCUT2D eigenvalue weighted by Crippen LogP contribution is -2.37. The maximum atomic E-state index is 12.2. The summed E-state index contributed by atoms with van der Waals surface area (Å²) in [5.74, 6) is 0.488. The van der Waals surface area contributed by atoms with Gasteiger partial charge in [0.15, 0.2) is 6.61 Å². The minimum Gasteiger partial charge on any atom is -0.484 e. The number of hydrogen-bond acceptors (Lipinski definition) is 4. The second kappa shape index (κ2) is 8.17. The third-order valence-electron chi connectivity index (χ3n) is 3.70. The van der Waals surface area contributed by atoms with Crippen LogP contribution in [0.3, 0.4) is 0 Å². The van der Waals surface area contributed by atoms with Crippen LogP contribution in [0.2, 0.25) is 0 Å². The molecule has 2 aromatic rings. The molecular weight excluding hydrogens is 372 g/mol. The Morgan fingerprint density at radius 2 is 1.92 bits per heavy atom. The van der Waals surface area contributed by atoms with Gasteiger partial charge in [-0.05, 0) is 30.3 Å². The molecule has 1 fully saturated rings. The van der Waals surface area contributed by atoms with Crippen molar-refractivity contribution in [2.24, 2.45) is 0 Å². The molecule has 1 heterocycles. The molecule has 126 valence electrons. The van der Waals surface area contributed by atoms with Gasteiger partial charge in [0, 0.05) is 17.6 Å². The number of halogens is 1. The van der Waals surface area contributed by atoms with Crippen LogP contribution in [0.25, 0.3) is 0 Å². The Morgan fingerprint density at radius 1 is 1.17 bits per heavy atom. The highest BCUT2D eigenvalue weighted by Gasteiger charge is 2.16. The molecule has 0 atom stereocenters. The van der Waals surface area contributed by atoms with E-state index in [0.717, 1.165) is 28.9 Å². The first kappa shape index (κ1) is 16.8. The largest absolute Gasteiger partial charge is 0.484 e. The van der Waals surface area contributed by atoms with Crippen molar-refractivity contribution >= 4 is 33.2 Å². The van der Waals surface area contributed by atoms with Gasteiger partial charge < -0.3 is 19.7 Å². The van der Waals surface area contributed by atoms with Crippen molar-refractivity contribution < 1.29 is 14.3 Å². The van der Waals surface area contributed by atoms with E-state index >= 15 is 0 Å². The Labute approximate surface area is 149 Å². The Morgan fingerprint density at radius 3 is 2.67 bits per heavy atom. The summed E-state index contributed by atoms with van der Waals surface area (Å²) in [6, 6.07) is 15.2. The zero-order valence-corrected chi connectivity index (χ0v) is 14.8. The van der Waals surface area contributed by atoms with Crippen LogP contribution >= 0.6 is 15.9 Å².